The van der Waals surface area contributed by atoms with E-state index in [2.05, 4.69) is 5.10 Å². The molecule has 6 nitrogen and oxygen atoms in total. The van der Waals surface area contributed by atoms with E-state index in [0.29, 0.717) is 0 Å². The first-order valence-electron chi connectivity index (χ1n) is 6.70. The lowest BCUT2D eigenvalue weighted by atomic mass is 10.2. The van der Waals surface area contributed by atoms with Gasteiger partial charge in [-0.3, -0.25) is 4.90 Å². The third-order valence-corrected chi connectivity index (χ3v) is 3.23. The fraction of sp³-hybridized carbons (Fsp3) is 0.615. The molecule has 1 heterocycles. The SMILES string of the molecule is CCOC(=O)c1cnn(CN(CC#N)C2CC2)c1C(F)F. The van der Waals surface area contributed by atoms with E-state index in [4.69, 9.17) is 10.00 Å². The molecule has 1 fully saturated rings. The first-order chi connectivity index (χ1) is 10.1. The minimum Gasteiger partial charge on any atom is -0.462 e. The Morgan fingerprint density at radius 3 is 2.90 bits per heavy atom. The second-order valence-electron chi connectivity index (χ2n) is 4.74. The van der Waals surface area contributed by atoms with Crippen LogP contribution in [0.4, 0.5) is 8.78 Å². The van der Waals surface area contributed by atoms with Crippen molar-refractivity contribution in [3.8, 4) is 6.07 Å². The van der Waals surface area contributed by atoms with Crippen molar-refractivity contribution in [1.82, 2.24) is 14.7 Å². The van der Waals surface area contributed by atoms with Gasteiger partial charge in [-0.25, -0.2) is 18.3 Å². The van der Waals surface area contributed by atoms with Gasteiger partial charge < -0.3 is 4.74 Å². The molecule has 0 aliphatic heterocycles. The first-order valence-corrected chi connectivity index (χ1v) is 6.70. The normalized spacial score (nSPS) is 14.5. The Bertz CT molecular complexity index is 549. The Hall–Kier alpha value is -2.01. The van der Waals surface area contributed by atoms with Gasteiger partial charge in [-0.15, -0.1) is 0 Å². The van der Waals surface area contributed by atoms with Gasteiger partial charge in [0.25, 0.3) is 6.43 Å². The molecule has 1 aliphatic carbocycles. The van der Waals surface area contributed by atoms with Gasteiger partial charge >= 0.3 is 5.97 Å². The highest BCUT2D eigenvalue weighted by molar-refractivity contribution is 5.90. The Kier molecular flexibility index (Phi) is 4.85. The molecule has 0 amide bonds. The van der Waals surface area contributed by atoms with E-state index in [1.165, 1.54) is 0 Å². The second-order valence-corrected chi connectivity index (χ2v) is 4.74. The van der Waals surface area contributed by atoms with Gasteiger partial charge in [-0.2, -0.15) is 10.4 Å². The molecule has 0 unspecified atom stereocenters. The molecular weight excluding hydrogens is 282 g/mol. The molecule has 1 aliphatic rings. The fourth-order valence-electron chi connectivity index (χ4n) is 2.10. The van der Waals surface area contributed by atoms with E-state index in [0.717, 1.165) is 23.7 Å². The van der Waals surface area contributed by atoms with Crippen LogP contribution < -0.4 is 0 Å². The molecule has 0 spiro atoms. The smallest absolute Gasteiger partial charge is 0.341 e. The second kappa shape index (κ2) is 6.63. The molecule has 1 aromatic rings. The minimum absolute atomic E-state index is 0.0668. The van der Waals surface area contributed by atoms with Crippen LogP contribution >= 0.6 is 0 Å². The van der Waals surface area contributed by atoms with Gasteiger partial charge in [0.05, 0.1) is 32.1 Å². The van der Waals surface area contributed by atoms with Gasteiger partial charge in [-0.05, 0) is 19.8 Å². The molecule has 1 aromatic heterocycles. The highest BCUT2D eigenvalue weighted by Crippen LogP contribution is 2.29. The number of hydrogen-bond donors (Lipinski definition) is 0. The standard InChI is InChI=1S/C13H16F2N4O2/c1-2-21-13(20)10-7-17-19(11(10)12(14)15)8-18(6-5-16)9-3-4-9/h7,9,12H,2-4,6,8H2,1H3. The zero-order valence-corrected chi connectivity index (χ0v) is 11.6. The molecule has 0 aromatic carbocycles. The Morgan fingerprint density at radius 2 is 2.38 bits per heavy atom. The van der Waals surface area contributed by atoms with Crippen LogP contribution in [0.25, 0.3) is 0 Å². The number of alkyl halides is 2. The molecule has 1 saturated carbocycles. The van der Waals surface area contributed by atoms with Gasteiger partial charge in [0.1, 0.15) is 11.3 Å². The van der Waals surface area contributed by atoms with E-state index in [1.807, 2.05) is 6.07 Å². The van der Waals surface area contributed by atoms with Crippen LogP contribution in [0.1, 0.15) is 42.2 Å². The number of carbonyl (C=O) groups excluding carboxylic acids is 1. The first kappa shape index (κ1) is 15.4. The minimum atomic E-state index is -2.84. The maximum Gasteiger partial charge on any atom is 0.341 e. The summed E-state index contributed by atoms with van der Waals surface area (Å²) in [6, 6.07) is 2.24. The number of nitrogens with zero attached hydrogens (tertiary/aromatic N) is 4. The van der Waals surface area contributed by atoms with Gasteiger partial charge in [0.15, 0.2) is 0 Å². The average molecular weight is 298 g/mol. The molecule has 0 atom stereocenters. The van der Waals surface area contributed by atoms with Gasteiger partial charge in [0.2, 0.25) is 0 Å². The number of esters is 1. The van der Waals surface area contributed by atoms with Crippen molar-refractivity contribution in [2.45, 2.75) is 38.9 Å². The summed E-state index contributed by atoms with van der Waals surface area (Å²) < 4.78 is 32.3. The lowest BCUT2D eigenvalue weighted by Crippen LogP contribution is -2.30. The molecule has 0 radical (unpaired) electrons. The summed E-state index contributed by atoms with van der Waals surface area (Å²) in [5.41, 5.74) is -0.684. The average Bonchev–Trinajstić information content (AvgIpc) is 3.19. The van der Waals surface area contributed by atoms with E-state index in [1.54, 1.807) is 11.8 Å². The zero-order chi connectivity index (χ0) is 15.4. The Balaban J connectivity index is 2.22. The van der Waals surface area contributed by atoms with E-state index < -0.39 is 18.1 Å². The predicted octanol–water partition coefficient (Wildman–Crippen LogP) is 1.94. The predicted molar refractivity (Wildman–Crippen MR) is 68.5 cm³/mol. The summed E-state index contributed by atoms with van der Waals surface area (Å²) in [5.74, 6) is -0.808. The number of halogens is 2. The van der Waals surface area contributed by atoms with Crippen molar-refractivity contribution in [1.29, 1.82) is 5.26 Å². The lowest BCUT2D eigenvalue weighted by Gasteiger charge is -2.19. The fourth-order valence-corrected chi connectivity index (χ4v) is 2.10. The number of ether oxygens (including phenoxy) is 1. The van der Waals surface area contributed by atoms with Crippen LogP contribution in [0, 0.1) is 11.3 Å². The van der Waals surface area contributed by atoms with Crippen molar-refractivity contribution in [2.24, 2.45) is 0 Å². The molecule has 0 N–H and O–H groups in total. The topological polar surface area (TPSA) is 71.2 Å². The Labute approximate surface area is 120 Å². The van der Waals surface area contributed by atoms with E-state index in [9.17, 15) is 13.6 Å². The summed E-state index contributed by atoms with van der Waals surface area (Å²) >= 11 is 0. The lowest BCUT2D eigenvalue weighted by molar-refractivity contribution is 0.0512. The van der Waals surface area contributed by atoms with Crippen molar-refractivity contribution in [2.75, 3.05) is 13.2 Å². The van der Waals surface area contributed by atoms with Crippen molar-refractivity contribution in [3.63, 3.8) is 0 Å². The van der Waals surface area contributed by atoms with Gasteiger partial charge in [-0.1, -0.05) is 0 Å². The molecule has 114 valence electrons. The molecule has 2 rings (SSSR count). The van der Waals surface area contributed by atoms with Crippen molar-refractivity contribution in [3.05, 3.63) is 17.5 Å². The quantitative estimate of drug-likeness (QED) is 0.568. The number of carbonyl (C=O) groups is 1. The molecule has 0 saturated heterocycles. The third-order valence-electron chi connectivity index (χ3n) is 3.23. The molecule has 0 bridgehead atoms. The Morgan fingerprint density at radius 1 is 1.67 bits per heavy atom. The van der Waals surface area contributed by atoms with Crippen LogP contribution in [0.2, 0.25) is 0 Å². The summed E-state index contributed by atoms with van der Waals surface area (Å²) in [7, 11) is 0. The number of aromatic nitrogens is 2. The van der Waals surface area contributed by atoms with Crippen LogP contribution in [0.5, 0.6) is 0 Å². The van der Waals surface area contributed by atoms with Crippen molar-refractivity contribution < 1.29 is 18.3 Å². The highest BCUT2D eigenvalue weighted by atomic mass is 19.3. The highest BCUT2D eigenvalue weighted by Gasteiger charge is 2.31. The van der Waals surface area contributed by atoms with Crippen LogP contribution in [-0.4, -0.2) is 39.8 Å². The maximum atomic E-state index is 13.2. The molecule has 21 heavy (non-hydrogen) atoms. The van der Waals surface area contributed by atoms with Crippen LogP contribution in [0.15, 0.2) is 6.20 Å². The van der Waals surface area contributed by atoms with Gasteiger partial charge in [0, 0.05) is 6.04 Å². The zero-order valence-electron chi connectivity index (χ0n) is 11.6. The van der Waals surface area contributed by atoms with Crippen molar-refractivity contribution >= 4 is 5.97 Å². The van der Waals surface area contributed by atoms with Crippen LogP contribution in [-0.2, 0) is 11.4 Å². The largest absolute Gasteiger partial charge is 0.462 e. The van der Waals surface area contributed by atoms with Crippen LogP contribution in [0.3, 0.4) is 0 Å². The van der Waals surface area contributed by atoms with E-state index >= 15 is 0 Å². The monoisotopic (exact) mass is 298 g/mol. The number of hydrogen-bond acceptors (Lipinski definition) is 5. The number of nitriles is 1. The maximum absolute atomic E-state index is 13.2. The molecular formula is C13H16F2N4O2. The third kappa shape index (κ3) is 3.55. The summed E-state index contributed by atoms with van der Waals surface area (Å²) in [5, 5.41) is 12.6. The molecule has 8 heteroatoms. The summed E-state index contributed by atoms with van der Waals surface area (Å²) in [4.78, 5) is 13.4. The summed E-state index contributed by atoms with van der Waals surface area (Å²) in [6.07, 6.45) is 0.141. The van der Waals surface area contributed by atoms with E-state index in [-0.39, 0.29) is 31.4 Å². The number of rotatable bonds is 7. The summed E-state index contributed by atoms with van der Waals surface area (Å²) in [6.45, 7) is 1.92.